The summed E-state index contributed by atoms with van der Waals surface area (Å²) < 4.78 is 42.4. The number of nitrogens with two attached hydrogens (primary N) is 2. The summed E-state index contributed by atoms with van der Waals surface area (Å²) in [6, 6.07) is 0. The van der Waals surface area contributed by atoms with Crippen LogP contribution in [0, 0.1) is 0 Å². The Hall–Kier alpha value is -3.43. The highest BCUT2D eigenvalue weighted by atomic mass is 31.2. The molecule has 4 aromatic heterocycles. The maximum atomic E-state index is 12.9. The Balaban J connectivity index is 1.14. The van der Waals surface area contributed by atoms with Crippen LogP contribution >= 0.6 is 7.82 Å². The van der Waals surface area contributed by atoms with Gasteiger partial charge in [0.05, 0.1) is 19.3 Å². The van der Waals surface area contributed by atoms with E-state index in [1.807, 2.05) is 0 Å². The molecule has 2 aliphatic rings. The minimum Gasteiger partial charge on any atom is -0.387 e. The molecule has 41 heavy (non-hydrogen) atoms. The molecule has 4 aromatic rings. The van der Waals surface area contributed by atoms with Crippen LogP contribution in [0.4, 0.5) is 11.6 Å². The van der Waals surface area contributed by atoms with Crippen molar-refractivity contribution in [3.05, 3.63) is 25.3 Å². The molecule has 0 bridgehead atoms. The molecular weight excluding hydrogens is 571 g/mol. The van der Waals surface area contributed by atoms with Gasteiger partial charge in [0.1, 0.15) is 48.1 Å². The highest BCUT2D eigenvalue weighted by molar-refractivity contribution is 7.47. The minimum absolute atomic E-state index is 0.105. The number of nitrogens with zero attached hydrogens (tertiary/aromatic N) is 8. The lowest BCUT2D eigenvalue weighted by atomic mass is 10.1. The fourth-order valence-electron chi connectivity index (χ4n) is 4.71. The summed E-state index contributed by atoms with van der Waals surface area (Å²) >= 11 is 0. The van der Waals surface area contributed by atoms with Gasteiger partial charge in [-0.2, -0.15) is 0 Å². The summed E-state index contributed by atoms with van der Waals surface area (Å²) in [6.45, 7) is -0.681. The normalized spacial score (nSPS) is 31.7. The quantitative estimate of drug-likeness (QED) is 0.118. The van der Waals surface area contributed by atoms with Crippen molar-refractivity contribution in [2.24, 2.45) is 0 Å². The van der Waals surface area contributed by atoms with Crippen LogP contribution in [0.1, 0.15) is 12.5 Å². The van der Waals surface area contributed by atoms with Gasteiger partial charge in [0.25, 0.3) is 0 Å². The van der Waals surface area contributed by atoms with Crippen LogP contribution in [-0.4, -0.2) is 110 Å². The zero-order valence-electron chi connectivity index (χ0n) is 21.1. The fraction of sp³-hybridized carbons (Fsp3) is 0.500. The summed E-state index contributed by atoms with van der Waals surface area (Å²) in [4.78, 5) is 34.5. The minimum atomic E-state index is -4.93. The molecular formula is C20H25N10O10P. The van der Waals surface area contributed by atoms with E-state index in [-0.39, 0.29) is 34.0 Å². The van der Waals surface area contributed by atoms with E-state index in [2.05, 4.69) is 29.9 Å². The second-order valence-corrected chi connectivity index (χ2v) is 10.6. The SMILES string of the molecule is CO[C@H]1O[C@@H](n2cnc3c(N)ncnc32)[C@@H](O)[C@H]1OP(=O)(O)OC[C@H]1O[C@@H](n2cnc3c(N)ncnc32)[C@@H](O)[C@H]1O. The number of aliphatic hydroxyl groups excluding tert-OH is 3. The number of phosphoric acid groups is 1. The molecule has 9 atom stereocenters. The summed E-state index contributed by atoms with van der Waals surface area (Å²) in [6.07, 6.45) is -6.02. The second kappa shape index (κ2) is 10.4. The first-order valence-corrected chi connectivity index (χ1v) is 13.5. The monoisotopic (exact) mass is 596 g/mol. The number of ether oxygens (including phenoxy) is 3. The highest BCUT2D eigenvalue weighted by Gasteiger charge is 2.51. The van der Waals surface area contributed by atoms with Crippen LogP contribution in [0.2, 0.25) is 0 Å². The summed E-state index contributed by atoms with van der Waals surface area (Å²) in [7, 11) is -3.69. The number of hydrogen-bond donors (Lipinski definition) is 6. The Kier molecular flexibility index (Phi) is 7.06. The van der Waals surface area contributed by atoms with E-state index in [0.717, 1.165) is 0 Å². The van der Waals surface area contributed by atoms with Crippen LogP contribution in [0.5, 0.6) is 0 Å². The summed E-state index contributed by atoms with van der Waals surface area (Å²) in [5.74, 6) is 0.209. The molecule has 2 fully saturated rings. The maximum Gasteiger partial charge on any atom is 0.472 e. The summed E-state index contributed by atoms with van der Waals surface area (Å²) in [5, 5.41) is 32.1. The van der Waals surface area contributed by atoms with Crippen LogP contribution in [0.3, 0.4) is 0 Å². The number of rotatable bonds is 8. The van der Waals surface area contributed by atoms with Crippen molar-refractivity contribution in [3.63, 3.8) is 0 Å². The molecule has 1 unspecified atom stereocenters. The number of nitrogen functional groups attached to an aromatic ring is 2. The molecule has 0 aromatic carbocycles. The van der Waals surface area contributed by atoms with Crippen molar-refractivity contribution < 1.29 is 48.0 Å². The van der Waals surface area contributed by atoms with Gasteiger partial charge >= 0.3 is 7.82 Å². The highest BCUT2D eigenvalue weighted by Crippen LogP contribution is 2.49. The lowest BCUT2D eigenvalue weighted by molar-refractivity contribution is -0.159. The molecule has 20 nitrogen and oxygen atoms in total. The number of phosphoric ester groups is 1. The van der Waals surface area contributed by atoms with E-state index < -0.39 is 63.7 Å². The molecule has 2 saturated heterocycles. The number of imidazole rings is 2. The number of aromatic nitrogens is 8. The van der Waals surface area contributed by atoms with Gasteiger partial charge in [-0.3, -0.25) is 18.2 Å². The number of methoxy groups -OCH3 is 1. The Morgan fingerprint density at radius 1 is 0.878 bits per heavy atom. The van der Waals surface area contributed by atoms with Gasteiger partial charge in [-0.25, -0.2) is 34.5 Å². The number of fused-ring (bicyclic) bond motifs is 2. The molecule has 2 aliphatic heterocycles. The van der Waals surface area contributed by atoms with Crippen LogP contribution in [0.25, 0.3) is 22.3 Å². The second-order valence-electron chi connectivity index (χ2n) is 9.17. The number of aliphatic hydroxyl groups is 3. The number of anilines is 2. The third-order valence-corrected chi connectivity index (χ3v) is 7.70. The first-order chi connectivity index (χ1) is 19.6. The maximum absolute atomic E-state index is 12.9. The van der Waals surface area contributed by atoms with Gasteiger partial charge < -0.3 is 45.9 Å². The van der Waals surface area contributed by atoms with E-state index in [4.69, 9.17) is 34.7 Å². The Morgan fingerprint density at radius 3 is 2.00 bits per heavy atom. The Bertz CT molecular complexity index is 1620. The third-order valence-electron chi connectivity index (χ3n) is 6.72. The van der Waals surface area contributed by atoms with Gasteiger partial charge in [0, 0.05) is 7.11 Å². The lowest BCUT2D eigenvalue weighted by Gasteiger charge is -2.23. The van der Waals surface area contributed by atoms with Crippen LogP contribution in [0.15, 0.2) is 25.3 Å². The molecule has 220 valence electrons. The van der Waals surface area contributed by atoms with Gasteiger partial charge in [-0.05, 0) is 0 Å². The third kappa shape index (κ3) is 4.78. The first kappa shape index (κ1) is 27.7. The zero-order valence-corrected chi connectivity index (χ0v) is 21.9. The molecule has 6 rings (SSSR count). The molecule has 0 aliphatic carbocycles. The lowest BCUT2D eigenvalue weighted by Crippen LogP contribution is -2.36. The van der Waals surface area contributed by atoms with Gasteiger partial charge in [0.2, 0.25) is 0 Å². The van der Waals surface area contributed by atoms with Gasteiger partial charge in [0.15, 0.2) is 47.8 Å². The van der Waals surface area contributed by atoms with Crippen molar-refractivity contribution in [3.8, 4) is 0 Å². The van der Waals surface area contributed by atoms with E-state index in [0.29, 0.717) is 0 Å². The average Bonchev–Trinajstić information content (AvgIpc) is 3.70. The zero-order chi connectivity index (χ0) is 29.1. The van der Waals surface area contributed by atoms with E-state index >= 15 is 0 Å². The first-order valence-electron chi connectivity index (χ1n) is 12.0. The topological polar surface area (TPSA) is 283 Å². The molecule has 0 saturated carbocycles. The Morgan fingerprint density at radius 2 is 1.44 bits per heavy atom. The van der Waals surface area contributed by atoms with Crippen molar-refractivity contribution in [2.75, 3.05) is 25.2 Å². The molecule has 6 heterocycles. The fourth-order valence-corrected chi connectivity index (χ4v) is 5.64. The predicted octanol–water partition coefficient (Wildman–Crippen LogP) is -2.19. The largest absolute Gasteiger partial charge is 0.472 e. The van der Waals surface area contributed by atoms with E-state index in [1.165, 1.54) is 41.6 Å². The van der Waals surface area contributed by atoms with Crippen molar-refractivity contribution in [2.45, 2.75) is 49.3 Å². The average molecular weight is 596 g/mol. The molecule has 8 N–H and O–H groups in total. The van der Waals surface area contributed by atoms with Gasteiger partial charge in [-0.1, -0.05) is 0 Å². The number of hydrogen-bond acceptors (Lipinski definition) is 17. The molecule has 0 radical (unpaired) electrons. The standard InChI is InChI=1S/C20H25N10O10P/c1-36-20-13(12(33)19(39-20)30-6-28-9-15(22)24-4-26-17(9)30)40-41(34,35)37-2-7-10(31)11(32)18(38-7)29-5-27-8-14(21)23-3-25-16(8)29/h3-7,10-13,18-20,31-33H,2H2,1H3,(H,34,35)(H2,21,23,25)(H2,22,24,26)/t7-,10+,11+,12+,13-,18-,19-,20+/m1/s1. The van der Waals surface area contributed by atoms with Crippen LogP contribution < -0.4 is 11.5 Å². The van der Waals surface area contributed by atoms with E-state index in [9.17, 15) is 24.8 Å². The predicted molar refractivity (Wildman–Crippen MR) is 133 cm³/mol. The Labute approximate surface area is 229 Å². The molecule has 0 spiro atoms. The summed E-state index contributed by atoms with van der Waals surface area (Å²) in [5.41, 5.74) is 12.6. The molecule has 0 amide bonds. The van der Waals surface area contributed by atoms with E-state index in [1.54, 1.807) is 0 Å². The smallest absolute Gasteiger partial charge is 0.387 e. The van der Waals surface area contributed by atoms with Crippen molar-refractivity contribution >= 4 is 41.8 Å². The van der Waals surface area contributed by atoms with Crippen LogP contribution in [-0.2, 0) is 27.8 Å². The van der Waals surface area contributed by atoms with Crippen molar-refractivity contribution in [1.82, 2.24) is 39.0 Å². The van der Waals surface area contributed by atoms with Gasteiger partial charge in [-0.15, -0.1) is 0 Å². The molecule has 21 heteroatoms. The van der Waals surface area contributed by atoms with Crippen molar-refractivity contribution in [1.29, 1.82) is 0 Å².